The third-order valence-electron chi connectivity index (χ3n) is 5.62. The van der Waals surface area contributed by atoms with Crippen LogP contribution in [0.15, 0.2) is 56.7 Å². The Hall–Kier alpha value is -2.93. The summed E-state index contributed by atoms with van der Waals surface area (Å²) in [6, 6.07) is 13.0. The molecule has 2 heterocycles. The quantitative estimate of drug-likeness (QED) is 0.538. The van der Waals surface area contributed by atoms with Crippen LogP contribution in [0.25, 0.3) is 5.69 Å². The van der Waals surface area contributed by atoms with E-state index in [9.17, 15) is 9.59 Å². The number of aromatic nitrogens is 2. The molecule has 2 aromatic carbocycles. The Morgan fingerprint density at radius 3 is 2.45 bits per heavy atom. The number of nitrogens with zero attached hydrogens (tertiary/aromatic N) is 3. The number of nitrogens with one attached hydrogen (secondary N) is 1. The number of amides is 1. The number of halogens is 1. The van der Waals surface area contributed by atoms with E-state index in [0.29, 0.717) is 16.8 Å². The molecule has 0 aliphatic carbocycles. The zero-order valence-electron chi connectivity index (χ0n) is 17.7. The number of hydrogen-bond acceptors (Lipinski definition) is 3. The van der Waals surface area contributed by atoms with E-state index in [1.165, 1.54) is 11.1 Å². The van der Waals surface area contributed by atoms with Gasteiger partial charge in [0.15, 0.2) is 0 Å². The van der Waals surface area contributed by atoms with Crippen molar-refractivity contribution < 1.29 is 4.79 Å². The maximum absolute atomic E-state index is 12.9. The first-order valence-corrected chi connectivity index (χ1v) is 11.2. The van der Waals surface area contributed by atoms with Crippen molar-refractivity contribution in [3.63, 3.8) is 0 Å². The summed E-state index contributed by atoms with van der Waals surface area (Å²) in [6.45, 7) is 5.49. The van der Waals surface area contributed by atoms with Crippen LogP contribution in [0.4, 0.5) is 5.69 Å². The molecule has 1 amide bonds. The predicted molar refractivity (Wildman–Crippen MR) is 127 cm³/mol. The first-order valence-electron chi connectivity index (χ1n) is 10.5. The Morgan fingerprint density at radius 2 is 1.77 bits per heavy atom. The van der Waals surface area contributed by atoms with Crippen LogP contribution in [0.3, 0.4) is 0 Å². The highest BCUT2D eigenvalue weighted by Crippen LogP contribution is 2.20. The molecule has 0 spiro atoms. The summed E-state index contributed by atoms with van der Waals surface area (Å²) in [5.41, 5.74) is 4.29. The molecule has 31 heavy (non-hydrogen) atoms. The zero-order chi connectivity index (χ0) is 22.0. The SMILES string of the molecule is Cc1cc(-n2[nH]c(C)c(C=Nc3ccc(C(=O)N4CCCCC4)cc3)c2=O)ccc1Br. The minimum Gasteiger partial charge on any atom is -0.339 e. The van der Waals surface area contributed by atoms with Gasteiger partial charge in [-0.1, -0.05) is 15.9 Å². The average Bonchev–Trinajstić information content (AvgIpc) is 3.08. The molecule has 1 aliphatic rings. The second-order valence-electron chi connectivity index (χ2n) is 7.88. The van der Waals surface area contributed by atoms with E-state index >= 15 is 0 Å². The van der Waals surface area contributed by atoms with Crippen molar-refractivity contribution >= 4 is 33.7 Å². The fourth-order valence-electron chi connectivity index (χ4n) is 3.77. The molecule has 7 heteroatoms. The van der Waals surface area contributed by atoms with Gasteiger partial charge in [-0.2, -0.15) is 0 Å². The molecule has 4 rings (SSSR count). The summed E-state index contributed by atoms with van der Waals surface area (Å²) in [4.78, 5) is 31.9. The summed E-state index contributed by atoms with van der Waals surface area (Å²) >= 11 is 3.48. The van der Waals surface area contributed by atoms with Crippen molar-refractivity contribution in [2.24, 2.45) is 4.99 Å². The van der Waals surface area contributed by atoms with Gasteiger partial charge in [0, 0.05) is 35.0 Å². The summed E-state index contributed by atoms with van der Waals surface area (Å²) in [6.07, 6.45) is 4.92. The molecule has 3 aromatic rings. The van der Waals surface area contributed by atoms with E-state index in [4.69, 9.17) is 0 Å². The molecular formula is C24H25BrN4O2. The Bertz CT molecular complexity index is 1190. The van der Waals surface area contributed by atoms with Crippen LogP contribution >= 0.6 is 15.9 Å². The second-order valence-corrected chi connectivity index (χ2v) is 8.74. The van der Waals surface area contributed by atoms with Crippen molar-refractivity contribution in [3.8, 4) is 5.69 Å². The number of rotatable bonds is 4. The number of carbonyl (C=O) groups is 1. The van der Waals surface area contributed by atoms with E-state index in [-0.39, 0.29) is 11.5 Å². The van der Waals surface area contributed by atoms with Crippen molar-refractivity contribution in [2.75, 3.05) is 13.1 Å². The van der Waals surface area contributed by atoms with Gasteiger partial charge in [0.2, 0.25) is 0 Å². The van der Waals surface area contributed by atoms with Gasteiger partial charge >= 0.3 is 0 Å². The molecule has 1 saturated heterocycles. The number of piperidine rings is 1. The third-order valence-corrected chi connectivity index (χ3v) is 6.51. The van der Waals surface area contributed by atoms with Crippen molar-refractivity contribution in [3.05, 3.63) is 79.7 Å². The van der Waals surface area contributed by atoms with Gasteiger partial charge in [-0.3, -0.25) is 19.7 Å². The standard InChI is InChI=1S/C24H25BrN4O2/c1-16-14-20(10-11-22(16)25)29-24(31)21(17(2)27-29)15-26-19-8-6-18(7-9-19)23(30)28-12-4-3-5-13-28/h6-11,14-15,27H,3-5,12-13H2,1-2H3. The number of H-pyrrole nitrogens is 1. The van der Waals surface area contributed by atoms with E-state index in [1.54, 1.807) is 18.3 Å². The fourth-order valence-corrected chi connectivity index (χ4v) is 4.02. The lowest BCUT2D eigenvalue weighted by Gasteiger charge is -2.26. The van der Waals surface area contributed by atoms with E-state index < -0.39 is 0 Å². The molecular weight excluding hydrogens is 456 g/mol. The fraction of sp³-hybridized carbons (Fsp3) is 0.292. The summed E-state index contributed by atoms with van der Waals surface area (Å²) in [7, 11) is 0. The molecule has 1 fully saturated rings. The summed E-state index contributed by atoms with van der Waals surface area (Å²) in [5.74, 6) is 0.0735. The largest absolute Gasteiger partial charge is 0.339 e. The van der Waals surface area contributed by atoms with Crippen LogP contribution in [-0.2, 0) is 0 Å². The molecule has 0 radical (unpaired) electrons. The number of benzene rings is 2. The maximum atomic E-state index is 12.9. The lowest BCUT2D eigenvalue weighted by atomic mass is 10.1. The minimum absolute atomic E-state index is 0.0735. The van der Waals surface area contributed by atoms with Crippen LogP contribution in [0.1, 0.15) is 46.4 Å². The molecule has 0 atom stereocenters. The number of likely N-dealkylation sites (tertiary alicyclic amines) is 1. The Kier molecular flexibility index (Phi) is 6.23. The molecule has 0 bridgehead atoms. The average molecular weight is 481 g/mol. The first kappa shape index (κ1) is 21.3. The lowest BCUT2D eigenvalue weighted by Crippen LogP contribution is -2.35. The predicted octanol–water partition coefficient (Wildman–Crippen LogP) is 4.92. The monoisotopic (exact) mass is 480 g/mol. The lowest BCUT2D eigenvalue weighted by molar-refractivity contribution is 0.0724. The Labute approximate surface area is 189 Å². The molecule has 1 N–H and O–H groups in total. The number of aliphatic imine (C=N–C) groups is 1. The number of carbonyl (C=O) groups excluding carboxylic acids is 1. The second kappa shape index (κ2) is 9.06. The molecule has 0 unspecified atom stereocenters. The first-order chi connectivity index (χ1) is 14.9. The molecule has 0 saturated carbocycles. The van der Waals surface area contributed by atoms with Gasteiger partial charge in [-0.05, 0) is 81.1 Å². The van der Waals surface area contributed by atoms with Gasteiger partial charge < -0.3 is 4.90 Å². The highest BCUT2D eigenvalue weighted by molar-refractivity contribution is 9.10. The van der Waals surface area contributed by atoms with Crippen LogP contribution < -0.4 is 5.56 Å². The number of aryl methyl sites for hydroxylation is 2. The molecule has 1 aliphatic heterocycles. The van der Waals surface area contributed by atoms with E-state index in [1.807, 2.05) is 49.1 Å². The smallest absolute Gasteiger partial charge is 0.280 e. The maximum Gasteiger partial charge on any atom is 0.280 e. The minimum atomic E-state index is -0.153. The van der Waals surface area contributed by atoms with Crippen LogP contribution in [0, 0.1) is 13.8 Å². The van der Waals surface area contributed by atoms with Crippen LogP contribution in [-0.4, -0.2) is 39.9 Å². The van der Waals surface area contributed by atoms with E-state index in [2.05, 4.69) is 26.0 Å². The van der Waals surface area contributed by atoms with Gasteiger partial charge in [-0.15, -0.1) is 0 Å². The topological polar surface area (TPSA) is 70.5 Å². The van der Waals surface area contributed by atoms with Crippen molar-refractivity contribution in [1.82, 2.24) is 14.7 Å². The van der Waals surface area contributed by atoms with E-state index in [0.717, 1.165) is 47.3 Å². The highest BCUT2D eigenvalue weighted by atomic mass is 79.9. The third kappa shape index (κ3) is 4.56. The van der Waals surface area contributed by atoms with Gasteiger partial charge in [0.05, 0.1) is 16.9 Å². The van der Waals surface area contributed by atoms with Gasteiger partial charge in [-0.25, -0.2) is 4.68 Å². The van der Waals surface area contributed by atoms with Gasteiger partial charge in [0.1, 0.15) is 0 Å². The zero-order valence-corrected chi connectivity index (χ0v) is 19.3. The normalized spacial score (nSPS) is 14.4. The molecule has 1 aromatic heterocycles. The van der Waals surface area contributed by atoms with Gasteiger partial charge in [0.25, 0.3) is 11.5 Å². The van der Waals surface area contributed by atoms with Crippen LogP contribution in [0.5, 0.6) is 0 Å². The highest BCUT2D eigenvalue weighted by Gasteiger charge is 2.18. The molecule has 6 nitrogen and oxygen atoms in total. The Morgan fingerprint density at radius 1 is 1.06 bits per heavy atom. The van der Waals surface area contributed by atoms with Crippen molar-refractivity contribution in [1.29, 1.82) is 0 Å². The number of aromatic amines is 1. The van der Waals surface area contributed by atoms with Crippen molar-refractivity contribution in [2.45, 2.75) is 33.1 Å². The molecule has 160 valence electrons. The van der Waals surface area contributed by atoms with Crippen LogP contribution in [0.2, 0.25) is 0 Å². The summed E-state index contributed by atoms with van der Waals surface area (Å²) in [5, 5.41) is 3.12. The number of hydrogen-bond donors (Lipinski definition) is 1. The summed E-state index contributed by atoms with van der Waals surface area (Å²) < 4.78 is 2.52. The Balaban J connectivity index is 1.53.